The molecule has 2 unspecified atom stereocenters. The fourth-order valence-corrected chi connectivity index (χ4v) is 2.59. The molecule has 1 N–H and O–H groups in total. The van der Waals surface area contributed by atoms with E-state index >= 15 is 0 Å². The predicted molar refractivity (Wildman–Crippen MR) is 80.2 cm³/mol. The van der Waals surface area contributed by atoms with Crippen molar-refractivity contribution in [3.8, 4) is 11.5 Å². The summed E-state index contributed by atoms with van der Waals surface area (Å²) in [5.74, 6) is -0.138. The van der Waals surface area contributed by atoms with Gasteiger partial charge in [0.25, 0.3) is 0 Å². The van der Waals surface area contributed by atoms with Crippen molar-refractivity contribution in [3.05, 3.63) is 23.8 Å². The van der Waals surface area contributed by atoms with E-state index in [1.165, 1.54) is 0 Å². The van der Waals surface area contributed by atoms with Crippen molar-refractivity contribution in [3.63, 3.8) is 0 Å². The molecule has 1 fully saturated rings. The molecule has 1 saturated heterocycles. The van der Waals surface area contributed by atoms with E-state index in [0.717, 1.165) is 25.9 Å². The van der Waals surface area contributed by atoms with Gasteiger partial charge in [0, 0.05) is 6.54 Å². The molecule has 21 heavy (non-hydrogen) atoms. The van der Waals surface area contributed by atoms with Gasteiger partial charge in [-0.25, -0.2) is 0 Å². The molecule has 1 aromatic carbocycles. The molecule has 1 aliphatic rings. The number of likely N-dealkylation sites (N-methyl/N-ethyl adjacent to an activating group) is 1. The van der Waals surface area contributed by atoms with Crippen LogP contribution in [0.1, 0.15) is 31.2 Å². The fraction of sp³-hybridized carbons (Fsp3) is 0.562. The number of carboxylic acids is 1. The van der Waals surface area contributed by atoms with Crippen LogP contribution in [0.4, 0.5) is 0 Å². The van der Waals surface area contributed by atoms with Crippen molar-refractivity contribution >= 4 is 5.97 Å². The minimum absolute atomic E-state index is 0.153. The average molecular weight is 293 g/mol. The summed E-state index contributed by atoms with van der Waals surface area (Å²) >= 11 is 0. The summed E-state index contributed by atoms with van der Waals surface area (Å²) in [6, 6.07) is 5.35. The highest BCUT2D eigenvalue weighted by atomic mass is 16.5. The number of benzene rings is 1. The maximum Gasteiger partial charge on any atom is 0.310 e. The Hall–Kier alpha value is -1.75. The molecule has 0 aliphatic carbocycles. The number of methoxy groups -OCH3 is 1. The first kappa shape index (κ1) is 15.6. The van der Waals surface area contributed by atoms with E-state index in [1.807, 2.05) is 6.07 Å². The lowest BCUT2D eigenvalue weighted by Crippen LogP contribution is -2.38. The van der Waals surface area contributed by atoms with Gasteiger partial charge in [-0.15, -0.1) is 0 Å². The Kier molecular flexibility index (Phi) is 5.07. The number of hydrogen-bond donors (Lipinski definition) is 1. The van der Waals surface area contributed by atoms with E-state index in [4.69, 9.17) is 14.6 Å². The van der Waals surface area contributed by atoms with Gasteiger partial charge in [-0.3, -0.25) is 4.79 Å². The highest BCUT2D eigenvalue weighted by Crippen LogP contribution is 2.32. The van der Waals surface area contributed by atoms with Crippen LogP contribution in [-0.4, -0.2) is 49.3 Å². The van der Waals surface area contributed by atoms with Crippen molar-refractivity contribution in [1.82, 2.24) is 4.90 Å². The van der Waals surface area contributed by atoms with Crippen LogP contribution in [0, 0.1) is 0 Å². The third-order valence-electron chi connectivity index (χ3n) is 3.93. The smallest absolute Gasteiger partial charge is 0.310 e. The normalized spacial score (nSPS) is 20.8. The third-order valence-corrected chi connectivity index (χ3v) is 3.93. The van der Waals surface area contributed by atoms with Crippen molar-refractivity contribution in [2.45, 2.75) is 31.8 Å². The summed E-state index contributed by atoms with van der Waals surface area (Å²) in [7, 11) is 3.66. The third kappa shape index (κ3) is 3.88. The summed E-state index contributed by atoms with van der Waals surface area (Å²) in [5.41, 5.74) is 0.715. The molecular weight excluding hydrogens is 270 g/mol. The minimum Gasteiger partial charge on any atom is -0.493 e. The second-order valence-electron chi connectivity index (χ2n) is 5.61. The van der Waals surface area contributed by atoms with E-state index < -0.39 is 11.9 Å². The molecule has 5 heteroatoms. The second kappa shape index (κ2) is 6.80. The Labute approximate surface area is 125 Å². The van der Waals surface area contributed by atoms with E-state index in [2.05, 4.69) is 11.9 Å². The highest BCUT2D eigenvalue weighted by Gasteiger charge is 2.21. The lowest BCUT2D eigenvalue weighted by atomic mass is 10.0. The molecule has 1 aliphatic heterocycles. The van der Waals surface area contributed by atoms with Gasteiger partial charge in [-0.1, -0.05) is 6.07 Å². The Bertz CT molecular complexity index is 503. The largest absolute Gasteiger partial charge is 0.493 e. The standard InChI is InChI=1S/C16H23NO4/c1-11(16(18)19)12-6-7-14(15(9-12)20-3)21-13-5-4-8-17(2)10-13/h6-7,9,11,13H,4-5,8,10H2,1-3H3,(H,18,19). The SMILES string of the molecule is COc1cc(C(C)C(=O)O)ccc1OC1CCCN(C)C1. The van der Waals surface area contributed by atoms with Crippen molar-refractivity contribution in [1.29, 1.82) is 0 Å². The molecule has 116 valence electrons. The summed E-state index contributed by atoms with van der Waals surface area (Å²) in [5, 5.41) is 9.08. The number of hydrogen-bond acceptors (Lipinski definition) is 4. The van der Waals surface area contributed by atoms with E-state index in [9.17, 15) is 4.79 Å². The van der Waals surface area contributed by atoms with Crippen LogP contribution in [0.2, 0.25) is 0 Å². The first-order chi connectivity index (χ1) is 10.0. The van der Waals surface area contributed by atoms with Crippen LogP contribution in [0.25, 0.3) is 0 Å². The Balaban J connectivity index is 2.14. The topological polar surface area (TPSA) is 59.0 Å². The Morgan fingerprint density at radius 2 is 2.19 bits per heavy atom. The lowest BCUT2D eigenvalue weighted by molar-refractivity contribution is -0.138. The molecule has 0 saturated carbocycles. The van der Waals surface area contributed by atoms with Crippen LogP contribution < -0.4 is 9.47 Å². The summed E-state index contributed by atoms with van der Waals surface area (Å²) in [6.07, 6.45) is 2.30. The Morgan fingerprint density at radius 1 is 1.43 bits per heavy atom. The number of nitrogens with zero attached hydrogens (tertiary/aromatic N) is 1. The quantitative estimate of drug-likeness (QED) is 0.903. The van der Waals surface area contributed by atoms with Crippen LogP contribution in [0.15, 0.2) is 18.2 Å². The number of carbonyl (C=O) groups is 1. The second-order valence-corrected chi connectivity index (χ2v) is 5.61. The predicted octanol–water partition coefficient (Wildman–Crippen LogP) is 2.36. The number of ether oxygens (including phenoxy) is 2. The molecule has 1 aromatic rings. The molecule has 0 radical (unpaired) electrons. The number of piperidine rings is 1. The molecule has 0 spiro atoms. The van der Waals surface area contributed by atoms with Gasteiger partial charge in [0.1, 0.15) is 6.10 Å². The van der Waals surface area contributed by atoms with Crippen LogP contribution >= 0.6 is 0 Å². The van der Waals surface area contributed by atoms with Crippen LogP contribution in [0.3, 0.4) is 0 Å². The molecular formula is C16H23NO4. The Morgan fingerprint density at radius 3 is 2.81 bits per heavy atom. The monoisotopic (exact) mass is 293 g/mol. The zero-order chi connectivity index (χ0) is 15.4. The zero-order valence-electron chi connectivity index (χ0n) is 12.8. The molecule has 0 bridgehead atoms. The van der Waals surface area contributed by atoms with Gasteiger partial charge in [-0.05, 0) is 51.1 Å². The lowest BCUT2D eigenvalue weighted by Gasteiger charge is -2.30. The maximum absolute atomic E-state index is 11.1. The number of likely N-dealkylation sites (tertiary alicyclic amines) is 1. The summed E-state index contributed by atoms with van der Waals surface area (Å²) in [6.45, 7) is 3.66. The molecule has 2 atom stereocenters. The highest BCUT2D eigenvalue weighted by molar-refractivity contribution is 5.75. The first-order valence-corrected chi connectivity index (χ1v) is 7.27. The summed E-state index contributed by atoms with van der Waals surface area (Å²) < 4.78 is 11.4. The van der Waals surface area contributed by atoms with Gasteiger partial charge in [0.05, 0.1) is 13.0 Å². The van der Waals surface area contributed by atoms with Gasteiger partial charge >= 0.3 is 5.97 Å². The zero-order valence-corrected chi connectivity index (χ0v) is 12.8. The molecule has 0 amide bonds. The molecule has 5 nitrogen and oxygen atoms in total. The van der Waals surface area contributed by atoms with Crippen LogP contribution in [-0.2, 0) is 4.79 Å². The van der Waals surface area contributed by atoms with Crippen molar-refractivity contribution in [2.24, 2.45) is 0 Å². The van der Waals surface area contributed by atoms with Gasteiger partial charge in [0.2, 0.25) is 0 Å². The van der Waals surface area contributed by atoms with Crippen molar-refractivity contribution < 1.29 is 19.4 Å². The average Bonchev–Trinajstić information content (AvgIpc) is 2.46. The van der Waals surface area contributed by atoms with Gasteiger partial charge in [-0.2, -0.15) is 0 Å². The minimum atomic E-state index is -0.848. The molecule has 1 heterocycles. The van der Waals surface area contributed by atoms with Gasteiger partial charge in [0.15, 0.2) is 11.5 Å². The van der Waals surface area contributed by atoms with Gasteiger partial charge < -0.3 is 19.5 Å². The van der Waals surface area contributed by atoms with Crippen molar-refractivity contribution in [2.75, 3.05) is 27.2 Å². The number of rotatable bonds is 5. The van der Waals surface area contributed by atoms with E-state index in [1.54, 1.807) is 26.2 Å². The number of aliphatic carboxylic acids is 1. The van der Waals surface area contributed by atoms with Crippen LogP contribution in [0.5, 0.6) is 11.5 Å². The maximum atomic E-state index is 11.1. The first-order valence-electron chi connectivity index (χ1n) is 7.27. The molecule has 2 rings (SSSR count). The van der Waals surface area contributed by atoms with E-state index in [-0.39, 0.29) is 6.10 Å². The molecule has 0 aromatic heterocycles. The summed E-state index contributed by atoms with van der Waals surface area (Å²) in [4.78, 5) is 13.3. The fourth-order valence-electron chi connectivity index (χ4n) is 2.59. The number of carboxylic acid groups (broad SMARTS) is 1. The van der Waals surface area contributed by atoms with E-state index in [0.29, 0.717) is 17.1 Å².